The monoisotopic (exact) mass is 478 g/mol. The zero-order chi connectivity index (χ0) is 14.6. The van der Waals surface area contributed by atoms with E-state index in [1.165, 1.54) is 11.1 Å². The van der Waals surface area contributed by atoms with Crippen LogP contribution >= 0.6 is 59.4 Å². The molecular weight excluding hydrogens is 467 g/mol. The lowest BCUT2D eigenvalue weighted by Gasteiger charge is -2.31. The maximum Gasteiger partial charge on any atom is 0.0406 e. The fourth-order valence-corrected chi connectivity index (χ4v) is 4.70. The Balaban J connectivity index is 2.36. The number of benzene rings is 2. The molecule has 0 bridgehead atoms. The lowest BCUT2D eigenvalue weighted by atomic mass is 9.79. The van der Waals surface area contributed by atoms with Crippen LogP contribution in [-0.2, 0) is 11.8 Å². The minimum absolute atomic E-state index is 0.0254. The van der Waals surface area contributed by atoms with Crippen LogP contribution in [0.1, 0.15) is 11.1 Å². The van der Waals surface area contributed by atoms with E-state index in [4.69, 9.17) is 11.6 Å². The number of halogens is 4. The summed E-state index contributed by atoms with van der Waals surface area (Å²) in [7, 11) is 0. The van der Waals surface area contributed by atoms with E-state index in [0.29, 0.717) is 0 Å². The third-order valence-electron chi connectivity index (χ3n) is 3.40. The number of alkyl halides is 2. The number of hydrogen-bond donors (Lipinski definition) is 0. The highest BCUT2D eigenvalue weighted by Gasteiger charge is 2.30. The highest BCUT2D eigenvalue weighted by atomic mass is 79.9. The van der Waals surface area contributed by atoms with Crippen molar-refractivity contribution < 1.29 is 0 Å². The molecule has 0 atom stereocenters. The predicted octanol–water partition coefficient (Wildman–Crippen LogP) is 6.37. The van der Waals surface area contributed by atoms with Crippen molar-refractivity contribution in [3.05, 3.63) is 69.2 Å². The second-order valence-corrected chi connectivity index (χ2v) is 7.33. The predicted molar refractivity (Wildman–Crippen MR) is 98.6 cm³/mol. The van der Waals surface area contributed by atoms with E-state index in [1.54, 1.807) is 0 Å². The molecule has 0 spiro atoms. The largest absolute Gasteiger partial charge is 0.0918 e. The first-order valence-electron chi connectivity index (χ1n) is 6.22. The molecule has 0 aliphatic heterocycles. The molecule has 2 rings (SSSR count). The van der Waals surface area contributed by atoms with Gasteiger partial charge in [0.2, 0.25) is 0 Å². The molecule has 0 nitrogen and oxygen atoms in total. The summed E-state index contributed by atoms with van der Waals surface area (Å²) in [5, 5.41) is 2.56. The molecule has 0 N–H and O–H groups in total. The van der Waals surface area contributed by atoms with Crippen molar-refractivity contribution in [1.29, 1.82) is 0 Å². The Bertz CT molecular complexity index is 562. The van der Waals surface area contributed by atoms with Gasteiger partial charge in [-0.3, -0.25) is 0 Å². The molecule has 0 aliphatic carbocycles. The summed E-state index contributed by atoms with van der Waals surface area (Å²) in [6.45, 7) is 0. The average molecular weight is 481 g/mol. The smallest absolute Gasteiger partial charge is 0.0406 e. The summed E-state index contributed by atoms with van der Waals surface area (Å²) < 4.78 is 1.11. The van der Waals surface area contributed by atoms with Gasteiger partial charge < -0.3 is 0 Å². The molecule has 0 radical (unpaired) electrons. The number of rotatable bonds is 5. The maximum absolute atomic E-state index is 5.96. The molecule has 106 valence electrons. The van der Waals surface area contributed by atoms with E-state index in [-0.39, 0.29) is 5.41 Å². The molecule has 20 heavy (non-hydrogen) atoms. The van der Waals surface area contributed by atoms with Crippen LogP contribution in [0.4, 0.5) is 0 Å². The van der Waals surface area contributed by atoms with E-state index in [9.17, 15) is 0 Å². The van der Waals surface area contributed by atoms with Gasteiger partial charge in [0.25, 0.3) is 0 Å². The highest BCUT2D eigenvalue weighted by Crippen LogP contribution is 2.34. The van der Waals surface area contributed by atoms with Gasteiger partial charge >= 0.3 is 0 Å². The fourth-order valence-electron chi connectivity index (χ4n) is 2.20. The van der Waals surface area contributed by atoms with Crippen molar-refractivity contribution in [2.24, 2.45) is 0 Å². The molecule has 0 amide bonds. The average Bonchev–Trinajstić information content (AvgIpc) is 2.47. The Morgan fingerprint density at radius 2 is 1.60 bits per heavy atom. The second kappa shape index (κ2) is 7.44. The zero-order valence-corrected chi connectivity index (χ0v) is 16.3. The van der Waals surface area contributed by atoms with Crippen LogP contribution in [0.25, 0.3) is 0 Å². The van der Waals surface area contributed by atoms with Gasteiger partial charge in [-0.15, -0.1) is 0 Å². The van der Waals surface area contributed by atoms with Crippen molar-refractivity contribution >= 4 is 59.4 Å². The Kier molecular flexibility index (Phi) is 6.15. The highest BCUT2D eigenvalue weighted by molar-refractivity contribution is 9.10. The van der Waals surface area contributed by atoms with Crippen LogP contribution in [-0.4, -0.2) is 10.7 Å². The van der Waals surface area contributed by atoms with E-state index in [2.05, 4.69) is 84.2 Å². The molecule has 0 unspecified atom stereocenters. The molecule has 0 heterocycles. The van der Waals surface area contributed by atoms with Crippen molar-refractivity contribution in [3.8, 4) is 0 Å². The van der Waals surface area contributed by atoms with Crippen LogP contribution in [0.5, 0.6) is 0 Å². The SMILES string of the molecule is Clc1ccc(CC(CBr)(CBr)c2cccc(Br)c2)cc1. The summed E-state index contributed by atoms with van der Waals surface area (Å²) in [5.41, 5.74) is 2.63. The third kappa shape index (κ3) is 3.88. The number of hydrogen-bond acceptors (Lipinski definition) is 0. The zero-order valence-electron chi connectivity index (χ0n) is 10.8. The normalized spacial score (nSPS) is 11.6. The Morgan fingerprint density at radius 1 is 0.950 bits per heavy atom. The van der Waals surface area contributed by atoms with Gasteiger partial charge in [0.05, 0.1) is 0 Å². The summed E-state index contributed by atoms with van der Waals surface area (Å²) in [6, 6.07) is 16.6. The quantitative estimate of drug-likeness (QED) is 0.435. The van der Waals surface area contributed by atoms with E-state index in [0.717, 1.165) is 26.6 Å². The lowest BCUT2D eigenvalue weighted by molar-refractivity contribution is 0.551. The Morgan fingerprint density at radius 3 is 2.15 bits per heavy atom. The Hall–Kier alpha value is 0.170. The summed E-state index contributed by atoms with van der Waals surface area (Å²) in [6.07, 6.45) is 0.955. The second-order valence-electron chi connectivity index (χ2n) is 4.86. The lowest BCUT2D eigenvalue weighted by Crippen LogP contribution is -2.33. The van der Waals surface area contributed by atoms with Gasteiger partial charge in [-0.1, -0.05) is 83.7 Å². The standard InChI is InChI=1S/C16H14Br3Cl/c17-10-16(11-18,13-2-1-3-14(19)8-13)9-12-4-6-15(20)7-5-12/h1-8H,9-11H2. The molecule has 0 fully saturated rings. The molecule has 0 saturated heterocycles. The van der Waals surface area contributed by atoms with Crippen LogP contribution in [0.15, 0.2) is 53.0 Å². The molecule has 0 saturated carbocycles. The first-order valence-corrected chi connectivity index (χ1v) is 9.63. The topological polar surface area (TPSA) is 0 Å². The first-order chi connectivity index (χ1) is 9.59. The molecule has 0 aliphatic rings. The third-order valence-corrected chi connectivity index (χ3v) is 6.30. The minimum atomic E-state index is 0.0254. The van der Waals surface area contributed by atoms with Crippen molar-refractivity contribution in [1.82, 2.24) is 0 Å². The summed E-state index contributed by atoms with van der Waals surface area (Å²) in [5.74, 6) is 0. The maximum atomic E-state index is 5.96. The molecule has 4 heteroatoms. The first kappa shape index (κ1) is 16.5. The molecular formula is C16H14Br3Cl. The van der Waals surface area contributed by atoms with Gasteiger partial charge in [-0.2, -0.15) is 0 Å². The Labute approximate surface area is 150 Å². The van der Waals surface area contributed by atoms with Gasteiger partial charge in [0.1, 0.15) is 0 Å². The van der Waals surface area contributed by atoms with Crippen molar-refractivity contribution in [3.63, 3.8) is 0 Å². The van der Waals surface area contributed by atoms with E-state index >= 15 is 0 Å². The summed E-state index contributed by atoms with van der Waals surface area (Å²) >= 11 is 16.9. The van der Waals surface area contributed by atoms with Crippen LogP contribution in [0.3, 0.4) is 0 Å². The van der Waals surface area contributed by atoms with Gasteiger partial charge in [0.15, 0.2) is 0 Å². The van der Waals surface area contributed by atoms with E-state index in [1.807, 2.05) is 12.1 Å². The van der Waals surface area contributed by atoms with Crippen molar-refractivity contribution in [2.75, 3.05) is 10.7 Å². The van der Waals surface area contributed by atoms with Gasteiger partial charge in [0, 0.05) is 25.6 Å². The molecule has 2 aromatic carbocycles. The van der Waals surface area contributed by atoms with Crippen LogP contribution in [0.2, 0.25) is 5.02 Å². The molecule has 2 aromatic rings. The summed E-state index contributed by atoms with van der Waals surface area (Å²) in [4.78, 5) is 0. The van der Waals surface area contributed by atoms with Crippen LogP contribution < -0.4 is 0 Å². The van der Waals surface area contributed by atoms with Gasteiger partial charge in [-0.25, -0.2) is 0 Å². The minimum Gasteiger partial charge on any atom is -0.0918 e. The van der Waals surface area contributed by atoms with Gasteiger partial charge in [-0.05, 0) is 41.8 Å². The van der Waals surface area contributed by atoms with Crippen molar-refractivity contribution in [2.45, 2.75) is 11.8 Å². The molecule has 0 aromatic heterocycles. The van der Waals surface area contributed by atoms with Crippen LogP contribution in [0, 0.1) is 0 Å². The van der Waals surface area contributed by atoms with E-state index < -0.39 is 0 Å². The fraction of sp³-hybridized carbons (Fsp3) is 0.250.